The zero-order valence-corrected chi connectivity index (χ0v) is 36.8. The number of anilines is 6. The normalized spacial score (nSPS) is 11.8. The first-order chi connectivity index (χ1) is 33.7. The first-order valence-corrected chi connectivity index (χ1v) is 23.2. The van der Waals surface area contributed by atoms with Crippen molar-refractivity contribution in [1.29, 1.82) is 0 Å². The van der Waals surface area contributed by atoms with Gasteiger partial charge in [-0.05, 0) is 130 Å². The molecule has 0 N–H and O–H groups in total. The molecule has 0 spiro atoms. The molecule has 0 fully saturated rings. The predicted octanol–water partition coefficient (Wildman–Crippen LogP) is 18.7. The number of hydrogen-bond donors (Lipinski definition) is 0. The predicted molar refractivity (Wildman–Crippen MR) is 285 cm³/mol. The lowest BCUT2D eigenvalue weighted by Crippen LogP contribution is -2.09. The maximum Gasteiger partial charge on any atom is 0.143 e. The minimum atomic E-state index is 0.871. The van der Waals surface area contributed by atoms with Crippen molar-refractivity contribution in [2.75, 3.05) is 9.80 Å². The largest absolute Gasteiger partial charge is 0.455 e. The van der Waals surface area contributed by atoms with E-state index in [0.29, 0.717) is 0 Å². The molecule has 14 aromatic rings. The zero-order valence-electron chi connectivity index (χ0n) is 36.8. The minimum Gasteiger partial charge on any atom is -0.455 e. The first-order valence-electron chi connectivity index (χ1n) is 23.2. The summed E-state index contributed by atoms with van der Waals surface area (Å²) in [6.07, 6.45) is 0. The van der Waals surface area contributed by atoms with Crippen molar-refractivity contribution in [3.8, 4) is 22.3 Å². The molecule has 4 heteroatoms. The Balaban J connectivity index is 0.863. The highest BCUT2D eigenvalue weighted by Gasteiger charge is 2.24. The molecule has 14 rings (SSSR count). The number of para-hydroxylation sites is 4. The van der Waals surface area contributed by atoms with E-state index in [-0.39, 0.29) is 0 Å². The molecular formula is C64H40N2O2. The molecular weight excluding hydrogens is 829 g/mol. The number of benzene rings is 12. The van der Waals surface area contributed by atoms with Gasteiger partial charge in [-0.15, -0.1) is 0 Å². The van der Waals surface area contributed by atoms with Gasteiger partial charge >= 0.3 is 0 Å². The van der Waals surface area contributed by atoms with Crippen LogP contribution >= 0.6 is 0 Å². The molecule has 12 aromatic carbocycles. The van der Waals surface area contributed by atoms with Gasteiger partial charge in [-0.1, -0.05) is 146 Å². The van der Waals surface area contributed by atoms with E-state index in [1.165, 1.54) is 21.5 Å². The number of fused-ring (bicyclic) bond motifs is 10. The zero-order chi connectivity index (χ0) is 44.7. The average molecular weight is 869 g/mol. The molecule has 68 heavy (non-hydrogen) atoms. The smallest absolute Gasteiger partial charge is 0.143 e. The average Bonchev–Trinajstić information content (AvgIpc) is 4.00. The number of nitrogens with zero attached hydrogens (tertiary/aromatic N) is 2. The van der Waals surface area contributed by atoms with Crippen molar-refractivity contribution in [1.82, 2.24) is 0 Å². The standard InChI is InChI=1S/C64H40N2O2/c1-5-15-45(16-6-1)65(46-17-7-2-8-18-46)49-33-27-41(28-34-49)43-31-37-51-57(39-43)67-63-55-25-14-24-54-60(55)59-53(61(51)63)23-13-26-56(59)64-62(54)52-38-32-44(40-58(52)68-64)42-29-35-50(36-30-42)66(47-19-9-3-10-20-47)48-21-11-4-12-22-48/h1-40H. The van der Waals surface area contributed by atoms with Gasteiger partial charge in [0.15, 0.2) is 0 Å². The summed E-state index contributed by atoms with van der Waals surface area (Å²) in [5, 5.41) is 11.4. The van der Waals surface area contributed by atoms with Crippen LogP contribution in [0.4, 0.5) is 34.1 Å². The summed E-state index contributed by atoms with van der Waals surface area (Å²) in [6.45, 7) is 0. The maximum absolute atomic E-state index is 6.99. The van der Waals surface area contributed by atoms with Crippen molar-refractivity contribution in [2.45, 2.75) is 0 Å². The molecule has 0 saturated carbocycles. The summed E-state index contributed by atoms with van der Waals surface area (Å²) in [7, 11) is 0. The Kier molecular flexibility index (Phi) is 8.55. The van der Waals surface area contributed by atoms with Crippen LogP contribution in [0.3, 0.4) is 0 Å². The van der Waals surface area contributed by atoms with Crippen LogP contribution in [-0.4, -0.2) is 0 Å². The van der Waals surface area contributed by atoms with Gasteiger partial charge in [0, 0.05) is 77.2 Å². The number of furan rings is 2. The van der Waals surface area contributed by atoms with Gasteiger partial charge in [0.1, 0.15) is 22.3 Å². The molecule has 0 saturated heterocycles. The molecule has 2 aromatic heterocycles. The topological polar surface area (TPSA) is 32.8 Å². The lowest BCUT2D eigenvalue weighted by molar-refractivity contribution is 0.672. The molecule has 0 bridgehead atoms. The third-order valence-corrected chi connectivity index (χ3v) is 13.8. The molecule has 0 aliphatic rings. The van der Waals surface area contributed by atoms with Crippen LogP contribution in [0.2, 0.25) is 0 Å². The summed E-state index contributed by atoms with van der Waals surface area (Å²) in [6, 6.07) is 86.3. The Labute approximate surface area is 392 Å². The Morgan fingerprint density at radius 2 is 0.529 bits per heavy atom. The quantitative estimate of drug-likeness (QED) is 0.142. The van der Waals surface area contributed by atoms with Crippen molar-refractivity contribution in [2.24, 2.45) is 0 Å². The molecule has 0 amide bonds. The van der Waals surface area contributed by atoms with E-state index in [0.717, 1.165) is 111 Å². The summed E-state index contributed by atoms with van der Waals surface area (Å²) in [5.41, 5.74) is 14.7. The van der Waals surface area contributed by atoms with Crippen LogP contribution in [0.1, 0.15) is 0 Å². The van der Waals surface area contributed by atoms with Crippen LogP contribution in [0.5, 0.6) is 0 Å². The molecule has 0 radical (unpaired) electrons. The van der Waals surface area contributed by atoms with Crippen LogP contribution in [0, 0.1) is 0 Å². The lowest BCUT2D eigenvalue weighted by Gasteiger charge is -2.25. The molecule has 0 unspecified atom stereocenters. The Hall–Kier alpha value is -9.12. The van der Waals surface area contributed by atoms with Gasteiger partial charge in [0.2, 0.25) is 0 Å². The van der Waals surface area contributed by atoms with Crippen molar-refractivity contribution >= 4 is 110 Å². The third kappa shape index (κ3) is 5.94. The van der Waals surface area contributed by atoms with Crippen LogP contribution in [-0.2, 0) is 0 Å². The third-order valence-electron chi connectivity index (χ3n) is 13.8. The minimum absolute atomic E-state index is 0.871. The fourth-order valence-electron chi connectivity index (χ4n) is 10.7. The van der Waals surface area contributed by atoms with E-state index in [1.807, 2.05) is 0 Å². The van der Waals surface area contributed by atoms with E-state index in [1.54, 1.807) is 0 Å². The second kappa shape index (κ2) is 15.2. The SMILES string of the molecule is c1ccc(N(c2ccccc2)c2ccc(-c3ccc4c(c3)oc3c5cccc6c7c8ccc(-c9ccc(N(c%10ccccc%10)c%10ccccc%10)cc9)cc8oc7c7cccc(c43)c7c56)cc2)cc1. The van der Waals surface area contributed by atoms with Crippen molar-refractivity contribution < 1.29 is 8.83 Å². The van der Waals surface area contributed by atoms with Gasteiger partial charge in [-0.25, -0.2) is 0 Å². The van der Waals surface area contributed by atoms with Crippen LogP contribution in [0.15, 0.2) is 251 Å². The van der Waals surface area contributed by atoms with E-state index < -0.39 is 0 Å². The van der Waals surface area contributed by atoms with Gasteiger partial charge < -0.3 is 18.6 Å². The van der Waals surface area contributed by atoms with Gasteiger partial charge in [-0.2, -0.15) is 0 Å². The van der Waals surface area contributed by atoms with Gasteiger partial charge in [-0.3, -0.25) is 0 Å². The van der Waals surface area contributed by atoms with Gasteiger partial charge in [0.25, 0.3) is 0 Å². The Morgan fingerprint density at radius 3 is 0.882 bits per heavy atom. The first kappa shape index (κ1) is 38.2. The molecule has 4 nitrogen and oxygen atoms in total. The Morgan fingerprint density at radius 1 is 0.221 bits per heavy atom. The van der Waals surface area contributed by atoms with Gasteiger partial charge in [0.05, 0.1) is 0 Å². The monoisotopic (exact) mass is 868 g/mol. The van der Waals surface area contributed by atoms with E-state index in [4.69, 9.17) is 8.83 Å². The summed E-state index contributed by atoms with van der Waals surface area (Å²) in [4.78, 5) is 4.57. The van der Waals surface area contributed by atoms with Crippen molar-refractivity contribution in [3.63, 3.8) is 0 Å². The second-order valence-corrected chi connectivity index (χ2v) is 17.6. The Bertz CT molecular complexity index is 3810. The highest BCUT2D eigenvalue weighted by Crippen LogP contribution is 2.50. The molecule has 318 valence electrons. The molecule has 0 aliphatic carbocycles. The fourth-order valence-corrected chi connectivity index (χ4v) is 10.7. The highest BCUT2D eigenvalue weighted by molar-refractivity contribution is 6.43. The van der Waals surface area contributed by atoms with Crippen LogP contribution < -0.4 is 9.80 Å². The van der Waals surface area contributed by atoms with E-state index >= 15 is 0 Å². The summed E-state index contributed by atoms with van der Waals surface area (Å²) < 4.78 is 14.0. The molecule has 0 atom stereocenters. The summed E-state index contributed by atoms with van der Waals surface area (Å²) in [5.74, 6) is 0. The number of hydrogen-bond acceptors (Lipinski definition) is 4. The number of rotatable bonds is 8. The van der Waals surface area contributed by atoms with Crippen molar-refractivity contribution in [3.05, 3.63) is 243 Å². The lowest BCUT2D eigenvalue weighted by atomic mass is 9.89. The second-order valence-electron chi connectivity index (χ2n) is 17.6. The van der Waals surface area contributed by atoms with E-state index in [2.05, 4.69) is 252 Å². The fraction of sp³-hybridized carbons (Fsp3) is 0. The highest BCUT2D eigenvalue weighted by atomic mass is 16.3. The summed E-state index contributed by atoms with van der Waals surface area (Å²) >= 11 is 0. The molecule has 0 aliphatic heterocycles. The van der Waals surface area contributed by atoms with E-state index in [9.17, 15) is 0 Å². The maximum atomic E-state index is 6.99. The molecule has 2 heterocycles. The van der Waals surface area contributed by atoms with Crippen LogP contribution in [0.25, 0.3) is 98.4 Å².